The van der Waals surface area contributed by atoms with Crippen LogP contribution in [0.5, 0.6) is 5.75 Å². The highest BCUT2D eigenvalue weighted by molar-refractivity contribution is 6.36. The van der Waals surface area contributed by atoms with Crippen molar-refractivity contribution in [3.8, 4) is 11.8 Å². The highest BCUT2D eigenvalue weighted by Gasteiger charge is 2.14. The standard InChI is InChI=1S/C18H13Cl3N2O2/c1-2-25-17-11(8-14(20)9-16(17)21)7-12(10-22)18(24)23-15-5-3-13(19)4-6-15/h3-9H,2H2,1H3,(H,23,24)/b12-7+. The molecule has 0 saturated carbocycles. The van der Waals surface area contributed by atoms with Crippen LogP contribution in [0.25, 0.3) is 6.08 Å². The van der Waals surface area contributed by atoms with E-state index in [1.807, 2.05) is 6.07 Å². The van der Waals surface area contributed by atoms with Crippen molar-refractivity contribution in [2.45, 2.75) is 6.92 Å². The topological polar surface area (TPSA) is 62.1 Å². The van der Waals surface area contributed by atoms with Gasteiger partial charge < -0.3 is 10.1 Å². The number of hydrogen-bond donors (Lipinski definition) is 1. The Morgan fingerprint density at radius 3 is 2.48 bits per heavy atom. The minimum atomic E-state index is -0.566. The first-order valence-corrected chi connectivity index (χ1v) is 8.38. The third-order valence-corrected chi connectivity index (χ3v) is 3.84. The molecule has 0 aliphatic heterocycles. The fourth-order valence-corrected chi connectivity index (χ4v) is 2.71. The fourth-order valence-electron chi connectivity index (χ4n) is 2.02. The molecule has 4 nitrogen and oxygen atoms in total. The lowest BCUT2D eigenvalue weighted by molar-refractivity contribution is -0.112. The molecule has 2 aromatic rings. The zero-order valence-electron chi connectivity index (χ0n) is 13.1. The van der Waals surface area contributed by atoms with Crippen LogP contribution in [0.4, 0.5) is 5.69 Å². The number of nitriles is 1. The van der Waals surface area contributed by atoms with E-state index in [9.17, 15) is 10.1 Å². The number of benzene rings is 2. The molecule has 0 aromatic heterocycles. The Morgan fingerprint density at radius 2 is 1.88 bits per heavy atom. The average Bonchev–Trinajstić information content (AvgIpc) is 2.57. The number of hydrogen-bond acceptors (Lipinski definition) is 3. The summed E-state index contributed by atoms with van der Waals surface area (Å²) in [5.41, 5.74) is 0.848. The van der Waals surface area contributed by atoms with Crippen LogP contribution in [0.15, 0.2) is 42.0 Å². The second kappa shape index (κ2) is 8.77. The molecular weight excluding hydrogens is 383 g/mol. The monoisotopic (exact) mass is 394 g/mol. The van der Waals surface area contributed by atoms with Gasteiger partial charge in [0.1, 0.15) is 17.4 Å². The molecule has 1 amide bonds. The van der Waals surface area contributed by atoms with Crippen LogP contribution < -0.4 is 10.1 Å². The van der Waals surface area contributed by atoms with Crippen molar-refractivity contribution in [3.63, 3.8) is 0 Å². The average molecular weight is 396 g/mol. The predicted molar refractivity (Wildman–Crippen MR) is 101 cm³/mol. The molecule has 2 rings (SSSR count). The van der Waals surface area contributed by atoms with E-state index in [0.29, 0.717) is 38.7 Å². The molecule has 2 aromatic carbocycles. The third kappa shape index (κ3) is 5.14. The molecule has 25 heavy (non-hydrogen) atoms. The van der Waals surface area contributed by atoms with E-state index in [1.54, 1.807) is 37.3 Å². The summed E-state index contributed by atoms with van der Waals surface area (Å²) < 4.78 is 5.49. The van der Waals surface area contributed by atoms with E-state index < -0.39 is 5.91 Å². The molecule has 7 heteroatoms. The Labute approximate surface area is 160 Å². The normalized spacial score (nSPS) is 10.9. The molecule has 0 atom stereocenters. The van der Waals surface area contributed by atoms with Crippen LogP contribution in [-0.2, 0) is 4.79 Å². The van der Waals surface area contributed by atoms with E-state index in [1.165, 1.54) is 12.1 Å². The zero-order chi connectivity index (χ0) is 18.4. The van der Waals surface area contributed by atoms with Crippen molar-refractivity contribution < 1.29 is 9.53 Å². The summed E-state index contributed by atoms with van der Waals surface area (Å²) in [6, 6.07) is 11.5. The van der Waals surface area contributed by atoms with Crippen molar-refractivity contribution in [1.82, 2.24) is 0 Å². The maximum atomic E-state index is 12.3. The number of carbonyl (C=O) groups is 1. The SMILES string of the molecule is CCOc1c(Cl)cc(Cl)cc1/C=C(\C#N)C(=O)Nc1ccc(Cl)cc1. The van der Waals surface area contributed by atoms with Gasteiger partial charge in [-0.3, -0.25) is 4.79 Å². The molecule has 0 unspecified atom stereocenters. The molecule has 0 heterocycles. The molecule has 1 N–H and O–H groups in total. The van der Waals surface area contributed by atoms with Crippen molar-refractivity contribution in [2.24, 2.45) is 0 Å². The molecule has 0 fully saturated rings. The van der Waals surface area contributed by atoms with Crippen LogP contribution in [-0.4, -0.2) is 12.5 Å². The summed E-state index contributed by atoms with van der Waals surface area (Å²) in [7, 11) is 0. The highest BCUT2D eigenvalue weighted by Crippen LogP contribution is 2.34. The van der Waals surface area contributed by atoms with E-state index in [0.717, 1.165) is 0 Å². The first-order chi connectivity index (χ1) is 11.9. The third-order valence-electron chi connectivity index (χ3n) is 3.09. The van der Waals surface area contributed by atoms with Crippen molar-refractivity contribution >= 4 is 52.5 Å². The maximum absolute atomic E-state index is 12.3. The summed E-state index contributed by atoms with van der Waals surface area (Å²) in [6.07, 6.45) is 1.38. The Morgan fingerprint density at radius 1 is 1.20 bits per heavy atom. The number of halogens is 3. The number of nitrogens with zero attached hydrogens (tertiary/aromatic N) is 1. The first-order valence-electron chi connectivity index (χ1n) is 7.25. The lowest BCUT2D eigenvalue weighted by Crippen LogP contribution is -2.13. The molecule has 0 bridgehead atoms. The van der Waals surface area contributed by atoms with Crippen molar-refractivity contribution in [2.75, 3.05) is 11.9 Å². The Kier molecular flexibility index (Phi) is 6.72. The molecule has 0 aliphatic rings. The van der Waals surface area contributed by atoms with Gasteiger partial charge in [-0.15, -0.1) is 0 Å². The van der Waals surface area contributed by atoms with Crippen molar-refractivity contribution in [3.05, 3.63) is 62.6 Å². The van der Waals surface area contributed by atoms with Crippen LogP contribution in [0, 0.1) is 11.3 Å². The van der Waals surface area contributed by atoms with Gasteiger partial charge in [0.05, 0.1) is 11.6 Å². The van der Waals surface area contributed by atoms with Gasteiger partial charge in [0.2, 0.25) is 0 Å². The van der Waals surface area contributed by atoms with Gasteiger partial charge in [0, 0.05) is 21.3 Å². The summed E-state index contributed by atoms with van der Waals surface area (Å²) in [4.78, 5) is 12.3. The van der Waals surface area contributed by atoms with E-state index >= 15 is 0 Å². The maximum Gasteiger partial charge on any atom is 0.266 e. The van der Waals surface area contributed by atoms with Crippen LogP contribution in [0.3, 0.4) is 0 Å². The quantitative estimate of drug-likeness (QED) is 0.530. The van der Waals surface area contributed by atoms with E-state index in [4.69, 9.17) is 39.5 Å². The van der Waals surface area contributed by atoms with Crippen LogP contribution in [0.2, 0.25) is 15.1 Å². The van der Waals surface area contributed by atoms with Crippen LogP contribution in [0.1, 0.15) is 12.5 Å². The van der Waals surface area contributed by atoms with Gasteiger partial charge in [-0.25, -0.2) is 0 Å². The largest absolute Gasteiger partial charge is 0.492 e. The van der Waals surface area contributed by atoms with E-state index in [2.05, 4.69) is 5.32 Å². The van der Waals surface area contributed by atoms with Gasteiger partial charge in [0.15, 0.2) is 0 Å². The molecule has 0 spiro atoms. The highest BCUT2D eigenvalue weighted by atomic mass is 35.5. The molecule has 0 aliphatic carbocycles. The Bertz CT molecular complexity index is 856. The minimum Gasteiger partial charge on any atom is -0.492 e. The first kappa shape index (κ1) is 19.1. The minimum absolute atomic E-state index is 0.116. The smallest absolute Gasteiger partial charge is 0.266 e. The van der Waals surface area contributed by atoms with E-state index in [-0.39, 0.29) is 5.57 Å². The predicted octanol–water partition coefficient (Wildman–Crippen LogP) is 5.59. The van der Waals surface area contributed by atoms with Gasteiger partial charge in [0.25, 0.3) is 5.91 Å². The summed E-state index contributed by atoms with van der Waals surface area (Å²) >= 11 is 17.9. The zero-order valence-corrected chi connectivity index (χ0v) is 15.4. The van der Waals surface area contributed by atoms with Gasteiger partial charge in [-0.1, -0.05) is 34.8 Å². The number of amides is 1. The van der Waals surface area contributed by atoms with Crippen molar-refractivity contribution in [1.29, 1.82) is 5.26 Å². The Balaban J connectivity index is 2.35. The molecule has 128 valence electrons. The Hall–Kier alpha value is -2.19. The number of carbonyl (C=O) groups excluding carboxylic acids is 1. The molecule has 0 saturated heterocycles. The summed E-state index contributed by atoms with van der Waals surface area (Å²) in [5.74, 6) is -0.205. The van der Waals surface area contributed by atoms with Gasteiger partial charge in [-0.05, 0) is 49.4 Å². The van der Waals surface area contributed by atoms with Gasteiger partial charge >= 0.3 is 0 Å². The van der Waals surface area contributed by atoms with Crippen LogP contribution >= 0.6 is 34.8 Å². The summed E-state index contributed by atoms with van der Waals surface area (Å²) in [6.45, 7) is 2.18. The second-order valence-corrected chi connectivity index (χ2v) is 6.15. The summed E-state index contributed by atoms with van der Waals surface area (Å²) in [5, 5.41) is 13.2. The number of anilines is 1. The molecular formula is C18H13Cl3N2O2. The number of rotatable bonds is 5. The number of ether oxygens (including phenoxy) is 1. The lowest BCUT2D eigenvalue weighted by Gasteiger charge is -2.11. The second-order valence-electron chi connectivity index (χ2n) is 4.87. The fraction of sp³-hybridized carbons (Fsp3) is 0.111. The van der Waals surface area contributed by atoms with Gasteiger partial charge in [-0.2, -0.15) is 5.26 Å². The molecule has 0 radical (unpaired) electrons. The lowest BCUT2D eigenvalue weighted by atomic mass is 10.1. The number of nitrogens with one attached hydrogen (secondary N) is 1.